The van der Waals surface area contributed by atoms with Crippen molar-refractivity contribution in [2.24, 2.45) is 0 Å². The average Bonchev–Trinajstić information content (AvgIpc) is 2.93. The van der Waals surface area contributed by atoms with E-state index >= 15 is 0 Å². The van der Waals surface area contributed by atoms with Gasteiger partial charge in [0, 0.05) is 30.0 Å². The maximum atomic E-state index is 12.1. The van der Waals surface area contributed by atoms with E-state index in [1.165, 1.54) is 12.1 Å². The summed E-state index contributed by atoms with van der Waals surface area (Å²) in [7, 11) is -3.62. The van der Waals surface area contributed by atoms with E-state index in [1.54, 1.807) is 24.0 Å². The average molecular weight is 330 g/mol. The van der Waals surface area contributed by atoms with Crippen molar-refractivity contribution in [3.8, 4) is 0 Å². The SMILES string of the molecule is Cc1c(N)cc(S(=O)(=O)NCCCn2ccnn2)cc1Cl. The lowest BCUT2D eigenvalue weighted by molar-refractivity contribution is 0.542. The number of nitrogens with two attached hydrogens (primary N) is 1. The first-order chi connectivity index (χ1) is 9.90. The van der Waals surface area contributed by atoms with Gasteiger partial charge in [-0.2, -0.15) is 0 Å². The zero-order valence-corrected chi connectivity index (χ0v) is 13.0. The number of halogens is 1. The Balaban J connectivity index is 1.98. The minimum absolute atomic E-state index is 0.0661. The molecule has 0 saturated heterocycles. The maximum absolute atomic E-state index is 12.1. The van der Waals surface area contributed by atoms with E-state index in [4.69, 9.17) is 17.3 Å². The monoisotopic (exact) mass is 329 g/mol. The first-order valence-corrected chi connectivity index (χ1v) is 8.15. The minimum atomic E-state index is -3.62. The van der Waals surface area contributed by atoms with Gasteiger partial charge in [0.15, 0.2) is 0 Å². The van der Waals surface area contributed by atoms with E-state index < -0.39 is 10.0 Å². The van der Waals surface area contributed by atoms with Crippen LogP contribution in [0.3, 0.4) is 0 Å². The first-order valence-electron chi connectivity index (χ1n) is 6.29. The molecule has 0 unspecified atom stereocenters. The summed E-state index contributed by atoms with van der Waals surface area (Å²) in [6.45, 7) is 2.60. The molecule has 1 aromatic carbocycles. The number of anilines is 1. The highest BCUT2D eigenvalue weighted by atomic mass is 35.5. The van der Waals surface area contributed by atoms with Crippen molar-refractivity contribution in [2.75, 3.05) is 12.3 Å². The van der Waals surface area contributed by atoms with Crippen LogP contribution in [-0.2, 0) is 16.6 Å². The lowest BCUT2D eigenvalue weighted by atomic mass is 10.2. The van der Waals surface area contributed by atoms with Gasteiger partial charge in [-0.15, -0.1) is 5.10 Å². The van der Waals surface area contributed by atoms with Crippen LogP contribution in [-0.4, -0.2) is 30.0 Å². The van der Waals surface area contributed by atoms with Gasteiger partial charge in [0.1, 0.15) is 0 Å². The van der Waals surface area contributed by atoms with Crippen LogP contribution in [0.4, 0.5) is 5.69 Å². The summed E-state index contributed by atoms with van der Waals surface area (Å²) in [5.41, 5.74) is 6.76. The van der Waals surface area contributed by atoms with E-state index in [2.05, 4.69) is 15.0 Å². The summed E-state index contributed by atoms with van der Waals surface area (Å²) >= 11 is 5.96. The molecule has 0 bridgehead atoms. The molecule has 0 atom stereocenters. The number of sulfonamides is 1. The van der Waals surface area contributed by atoms with Crippen molar-refractivity contribution < 1.29 is 8.42 Å². The van der Waals surface area contributed by atoms with Gasteiger partial charge in [-0.3, -0.25) is 4.68 Å². The summed E-state index contributed by atoms with van der Waals surface area (Å²) in [6.07, 6.45) is 3.88. The van der Waals surface area contributed by atoms with Crippen LogP contribution >= 0.6 is 11.6 Å². The van der Waals surface area contributed by atoms with Crippen molar-refractivity contribution in [1.29, 1.82) is 0 Å². The van der Waals surface area contributed by atoms with Crippen molar-refractivity contribution in [3.63, 3.8) is 0 Å². The molecule has 0 radical (unpaired) electrons. The third-order valence-electron chi connectivity index (χ3n) is 3.00. The Bertz CT molecular complexity index is 692. The molecule has 9 heteroatoms. The van der Waals surface area contributed by atoms with Gasteiger partial charge in [0.05, 0.1) is 11.1 Å². The Hall–Kier alpha value is -1.64. The Morgan fingerprint density at radius 1 is 1.43 bits per heavy atom. The molecule has 0 saturated carbocycles. The van der Waals surface area contributed by atoms with E-state index in [9.17, 15) is 8.42 Å². The first kappa shape index (κ1) is 15.7. The summed E-state index contributed by atoms with van der Waals surface area (Å²) in [5.74, 6) is 0. The second kappa shape index (κ2) is 6.42. The number of hydrogen-bond donors (Lipinski definition) is 2. The number of nitrogens with zero attached hydrogens (tertiary/aromatic N) is 3. The smallest absolute Gasteiger partial charge is 0.240 e. The molecule has 7 nitrogen and oxygen atoms in total. The molecule has 0 aliphatic rings. The number of hydrogen-bond acceptors (Lipinski definition) is 5. The summed E-state index contributed by atoms with van der Waals surface area (Å²) in [6, 6.07) is 2.80. The number of aromatic nitrogens is 3. The van der Waals surface area contributed by atoms with Crippen molar-refractivity contribution in [3.05, 3.63) is 35.1 Å². The van der Waals surface area contributed by atoms with Crippen LogP contribution in [0, 0.1) is 6.92 Å². The second-order valence-electron chi connectivity index (χ2n) is 4.54. The van der Waals surface area contributed by atoms with Crippen LogP contribution in [0.25, 0.3) is 0 Å². The molecule has 0 aliphatic heterocycles. The fourth-order valence-corrected chi connectivity index (χ4v) is 3.14. The summed E-state index contributed by atoms with van der Waals surface area (Å²) in [4.78, 5) is 0.0661. The van der Waals surface area contributed by atoms with E-state index in [0.29, 0.717) is 29.2 Å². The van der Waals surface area contributed by atoms with E-state index in [1.807, 2.05) is 0 Å². The normalized spacial score (nSPS) is 11.7. The summed E-state index contributed by atoms with van der Waals surface area (Å²) < 4.78 is 28.4. The predicted molar refractivity (Wildman–Crippen MR) is 80.4 cm³/mol. The van der Waals surface area contributed by atoms with E-state index in [-0.39, 0.29) is 11.4 Å². The molecule has 0 aliphatic carbocycles. The van der Waals surface area contributed by atoms with Gasteiger partial charge in [0.2, 0.25) is 10.0 Å². The molecule has 0 amide bonds. The number of rotatable bonds is 6. The Morgan fingerprint density at radius 2 is 2.19 bits per heavy atom. The minimum Gasteiger partial charge on any atom is -0.398 e. The van der Waals surface area contributed by atoms with Gasteiger partial charge in [-0.25, -0.2) is 13.1 Å². The van der Waals surface area contributed by atoms with Gasteiger partial charge in [0.25, 0.3) is 0 Å². The molecule has 2 rings (SSSR count). The molecule has 0 fully saturated rings. The predicted octanol–water partition coefficient (Wildman–Crippen LogP) is 1.19. The molecule has 21 heavy (non-hydrogen) atoms. The zero-order chi connectivity index (χ0) is 15.5. The number of nitrogens with one attached hydrogen (secondary N) is 1. The maximum Gasteiger partial charge on any atom is 0.240 e. The van der Waals surface area contributed by atoms with Crippen LogP contribution in [0.15, 0.2) is 29.4 Å². The van der Waals surface area contributed by atoms with Gasteiger partial charge in [-0.1, -0.05) is 16.8 Å². The third kappa shape index (κ3) is 3.93. The van der Waals surface area contributed by atoms with E-state index in [0.717, 1.165) is 0 Å². The van der Waals surface area contributed by atoms with Crippen LogP contribution in [0.5, 0.6) is 0 Å². The van der Waals surface area contributed by atoms with Crippen LogP contribution in [0.1, 0.15) is 12.0 Å². The molecular weight excluding hydrogens is 314 g/mol. The fraction of sp³-hybridized carbons (Fsp3) is 0.333. The molecule has 114 valence electrons. The third-order valence-corrected chi connectivity index (χ3v) is 4.83. The largest absolute Gasteiger partial charge is 0.398 e. The highest BCUT2D eigenvalue weighted by molar-refractivity contribution is 7.89. The van der Waals surface area contributed by atoms with Crippen molar-refractivity contribution >= 4 is 27.3 Å². The van der Waals surface area contributed by atoms with Crippen molar-refractivity contribution in [1.82, 2.24) is 19.7 Å². The topological polar surface area (TPSA) is 103 Å². The number of aryl methyl sites for hydroxylation is 1. The standard InChI is InChI=1S/C12H16ClN5O2S/c1-9-11(13)7-10(8-12(9)14)21(19,20)16-3-2-5-18-6-4-15-17-18/h4,6-8,16H,2-3,5,14H2,1H3. The molecular formula is C12H16ClN5O2S. The molecule has 1 aromatic heterocycles. The fourth-order valence-electron chi connectivity index (χ4n) is 1.71. The summed E-state index contributed by atoms with van der Waals surface area (Å²) in [5, 5.41) is 7.80. The highest BCUT2D eigenvalue weighted by Gasteiger charge is 2.16. The van der Waals surface area contributed by atoms with Crippen LogP contribution in [0.2, 0.25) is 5.02 Å². The lowest BCUT2D eigenvalue weighted by Gasteiger charge is -2.10. The molecule has 2 aromatic rings. The zero-order valence-electron chi connectivity index (χ0n) is 11.5. The molecule has 3 N–H and O–H groups in total. The number of benzene rings is 1. The quantitative estimate of drug-likeness (QED) is 0.612. The Labute approximate surface area is 128 Å². The lowest BCUT2D eigenvalue weighted by Crippen LogP contribution is -2.25. The second-order valence-corrected chi connectivity index (χ2v) is 6.71. The highest BCUT2D eigenvalue weighted by Crippen LogP contribution is 2.25. The van der Waals surface area contributed by atoms with Crippen LogP contribution < -0.4 is 10.5 Å². The van der Waals surface area contributed by atoms with Gasteiger partial charge in [-0.05, 0) is 31.0 Å². The van der Waals surface area contributed by atoms with Crippen molar-refractivity contribution in [2.45, 2.75) is 24.8 Å². The Morgan fingerprint density at radius 3 is 2.81 bits per heavy atom. The molecule has 0 spiro atoms. The van der Waals surface area contributed by atoms with Gasteiger partial charge >= 0.3 is 0 Å². The Kier molecular flexibility index (Phi) is 4.81. The number of nitrogen functional groups attached to an aromatic ring is 1. The van der Waals surface area contributed by atoms with Gasteiger partial charge < -0.3 is 5.73 Å². The molecule has 1 heterocycles.